The first-order valence-electron chi connectivity index (χ1n) is 35.2. The van der Waals surface area contributed by atoms with Crippen LogP contribution < -0.4 is 66.7 Å². The van der Waals surface area contributed by atoms with E-state index in [4.69, 9.17) is 113 Å². The smallest absolute Gasteiger partial charge is 1.00 e. The molecule has 0 spiro atoms. The number of aliphatic carboxylic acids is 1. The molecule has 4 unspecified atom stereocenters. The number of nitrogen functional groups attached to an aromatic ring is 4. The molecular formula is C76H118BBrCl3F3N10NaO23. The molecule has 2 aromatic heterocycles. The molecule has 0 saturated carbocycles. The first kappa shape index (κ1) is 129. The number of ketones is 4. The minimum absolute atomic E-state index is 0. The molecule has 0 amide bonds. The number of esters is 1. The van der Waals surface area contributed by atoms with Crippen LogP contribution in [0.2, 0.25) is 0 Å². The van der Waals surface area contributed by atoms with Crippen molar-refractivity contribution in [2.45, 2.75) is 145 Å². The van der Waals surface area contributed by atoms with E-state index in [0.717, 1.165) is 31.9 Å². The van der Waals surface area contributed by atoms with Crippen LogP contribution in [0, 0.1) is 40.1 Å². The fourth-order valence-electron chi connectivity index (χ4n) is 6.91. The largest absolute Gasteiger partial charge is 1.00 e. The van der Waals surface area contributed by atoms with Gasteiger partial charge in [0.1, 0.15) is 147 Å². The molecule has 0 fully saturated rings. The van der Waals surface area contributed by atoms with Crippen LogP contribution in [0.15, 0.2) is 72.8 Å². The van der Waals surface area contributed by atoms with Crippen molar-refractivity contribution < 1.29 is 155 Å². The Labute approximate surface area is 740 Å². The van der Waals surface area contributed by atoms with E-state index in [9.17, 15) is 37.1 Å². The number of Topliss-reactive ketones (excluding diaryl/α,β-unsaturated/α-hetero) is 4. The third kappa shape index (κ3) is 67.3. The third-order valence-electron chi connectivity index (χ3n) is 13.0. The number of alkyl halides is 2. The van der Waals surface area contributed by atoms with Gasteiger partial charge in [0.2, 0.25) is 11.9 Å². The number of fused-ring (bicyclic) bond motifs is 2. The van der Waals surface area contributed by atoms with Gasteiger partial charge in [-0.2, -0.15) is 20.5 Å². The van der Waals surface area contributed by atoms with Crippen molar-refractivity contribution >= 4 is 141 Å². The minimum atomic E-state index is -0.833. The topological polar surface area (TPSA) is 507 Å². The Balaban J connectivity index is -0.000000142. The molecule has 663 valence electrons. The molecule has 2 heterocycles. The Hall–Kier alpha value is -7.52. The SMILES string of the molecule is CC(=O)O.CCC(=O)CBr.CCC(=O)CO.CCC(=O)COC(C)=O.CCC(=O)COCOC.CCC(CO)Oc1cccc2nc(N)nc(N)c12.CCC(COCOC)Oc1cccc(F)c1C#N.CCC(COCOC)Oc1cccc2nc(N)nc(N)c12.CCC(O)COCOC.COCCl.Cl.Cl.N#Cc1c(F)cccc1F.[B].[H-].[Na+]. The fraction of sp³-hybridized carbons (Fsp3) is 0.526. The van der Waals surface area contributed by atoms with Gasteiger partial charge in [-0.25, -0.2) is 23.1 Å². The van der Waals surface area contributed by atoms with E-state index in [2.05, 4.69) is 54.8 Å². The summed E-state index contributed by atoms with van der Waals surface area (Å²) < 4.78 is 103. The number of hydrogen-bond donors (Lipinski definition) is 8. The predicted octanol–water partition coefficient (Wildman–Crippen LogP) is 8.14. The van der Waals surface area contributed by atoms with Crippen molar-refractivity contribution in [3.8, 4) is 29.4 Å². The Bertz CT molecular complexity index is 3650. The van der Waals surface area contributed by atoms with Gasteiger partial charge in [-0.1, -0.05) is 107 Å². The summed E-state index contributed by atoms with van der Waals surface area (Å²) in [6.45, 7) is 19.0. The maximum absolute atomic E-state index is 13.4. The molecule has 42 heteroatoms. The molecule has 0 saturated heterocycles. The molecule has 33 nitrogen and oxygen atoms in total. The summed E-state index contributed by atoms with van der Waals surface area (Å²) in [4.78, 5) is 76.3. The summed E-state index contributed by atoms with van der Waals surface area (Å²) in [6.07, 6.45) is 3.97. The number of anilines is 4. The van der Waals surface area contributed by atoms with E-state index in [1.807, 2.05) is 52.8 Å². The molecule has 0 bridgehead atoms. The van der Waals surface area contributed by atoms with Crippen molar-refractivity contribution in [3.63, 3.8) is 0 Å². The minimum Gasteiger partial charge on any atom is -1.00 e. The standard InChI is InChI=1S/C14H20N4O3.C13H16FNO3.C12H16N4O2.C7H3F2N.C6H14O3.C6H12O3.C6H10O3.C4H7BrO.C4H8O2.C2H5ClO.C2H4O2.B.2ClH.Na.H/c1-3-9(7-20-8-19-2)21-11-6-4-5-10-12(11)13(15)18-14(16)17-10;1-3-10(8-17-9-16-2)18-13-6-4-5-12(14)11(13)7-15;1-2-7(6-17)18-9-5-3-4-8-10(9)11(13)16-12(14)15-8;8-6-2-1-3-7(9)5(6)4-10;2*1-3-6(7)4-9-5-8-2;1-3-6(8)4-9-5(2)7;2*1-2-4(6)3-5;1-4-2-3;1-2(3)4;;;;;/h4-6,9H,3,7-8H2,1-2H3,(H4,15,16,17,18);4-6,10H,3,8-9H2,1-2H3;3-5,7,17H,2,6H2,1H3,(H4,13,14,15,16);1-3H;6-7H,3-5H2,1-2H3;3-5H2,1-2H3;3-4H2,1-2H3;2-3H2,1H3;5H,2-3H2,1H3;2H2,1H3;1H3,(H,3,4);;2*1H;;/q;;;;;;;;;;;;;;+1;-1. The van der Waals surface area contributed by atoms with E-state index in [-0.39, 0.29) is 194 Å². The van der Waals surface area contributed by atoms with Crippen molar-refractivity contribution in [2.75, 3.05) is 143 Å². The zero-order valence-corrected chi connectivity index (χ0v) is 75.9. The molecule has 12 N–H and O–H groups in total. The fourth-order valence-corrected chi connectivity index (χ4v) is 7.31. The second kappa shape index (κ2) is 85.9. The molecule has 4 atom stereocenters. The van der Waals surface area contributed by atoms with Gasteiger partial charge in [0.25, 0.3) is 5.97 Å². The number of carbonyl (C=O) groups excluding carboxylic acids is 5. The van der Waals surface area contributed by atoms with Gasteiger partial charge in [-0.05, 0) is 74.2 Å². The number of aliphatic hydroxyl groups is 3. The van der Waals surface area contributed by atoms with Crippen LogP contribution in [-0.4, -0.2) is 229 Å². The number of aromatic nitrogens is 4. The number of halogens is 7. The molecule has 3 radical (unpaired) electrons. The first-order chi connectivity index (χ1) is 54.3. The van der Waals surface area contributed by atoms with E-state index in [0.29, 0.717) is 109 Å². The number of nitrogens with two attached hydrogens (primary N) is 4. The second-order valence-electron chi connectivity index (χ2n) is 22.0. The molecule has 0 aliphatic heterocycles. The van der Waals surface area contributed by atoms with Gasteiger partial charge >= 0.3 is 35.5 Å². The average molecular weight is 1820 g/mol. The van der Waals surface area contributed by atoms with Crippen molar-refractivity contribution in [2.24, 2.45) is 0 Å². The summed E-state index contributed by atoms with van der Waals surface area (Å²) in [6, 6.07) is 22.0. The van der Waals surface area contributed by atoms with Crippen molar-refractivity contribution in [1.29, 1.82) is 10.5 Å². The van der Waals surface area contributed by atoms with Gasteiger partial charge in [-0.3, -0.25) is 28.8 Å². The number of benzene rings is 4. The zero-order valence-electron chi connectivity index (χ0n) is 70.9. The number of nitriles is 2. The number of carboxylic acids is 1. The number of carboxylic acid groups (broad SMARTS) is 1. The van der Waals surface area contributed by atoms with Crippen molar-refractivity contribution in [3.05, 3.63) is 101 Å². The Kier molecular flexibility index (Phi) is 93.6. The van der Waals surface area contributed by atoms with Crippen LogP contribution in [0.3, 0.4) is 0 Å². The van der Waals surface area contributed by atoms with Crippen LogP contribution in [0.4, 0.5) is 36.7 Å². The van der Waals surface area contributed by atoms with Crippen LogP contribution >= 0.6 is 52.3 Å². The van der Waals surface area contributed by atoms with Gasteiger partial charge in [0, 0.05) is 83.5 Å². The average Bonchev–Trinajstić information content (AvgIpc) is 0.807. The van der Waals surface area contributed by atoms with Gasteiger partial charge in [0.15, 0.2) is 17.3 Å². The van der Waals surface area contributed by atoms with Crippen LogP contribution in [-0.2, 0) is 76.1 Å². The summed E-state index contributed by atoms with van der Waals surface area (Å²) in [5.74, 6) is -0.957. The molecular weight excluding hydrogens is 1700 g/mol. The normalized spacial score (nSPS) is 10.4. The quantitative estimate of drug-likeness (QED) is 0.00604. The number of aliphatic hydroxyl groups excluding tert-OH is 3. The number of rotatable bonds is 36. The number of hydrogen-bond acceptors (Lipinski definition) is 32. The van der Waals surface area contributed by atoms with Crippen molar-refractivity contribution in [1.82, 2.24) is 19.9 Å². The summed E-state index contributed by atoms with van der Waals surface area (Å²) >= 11 is 7.99. The zero-order chi connectivity index (χ0) is 87.8. The maximum atomic E-state index is 13.4. The first-order valence-corrected chi connectivity index (χ1v) is 36.8. The molecule has 0 aliphatic rings. The van der Waals surface area contributed by atoms with Crippen LogP contribution in [0.5, 0.6) is 17.2 Å². The number of carbonyl (C=O) groups is 6. The molecule has 0 aliphatic carbocycles. The van der Waals surface area contributed by atoms with Gasteiger partial charge in [0.05, 0.1) is 59.7 Å². The molecule has 4 aromatic carbocycles. The number of nitrogens with zero attached hydrogens (tertiary/aromatic N) is 6. The van der Waals surface area contributed by atoms with Crippen LogP contribution in [0.1, 0.15) is 133 Å². The second-order valence-corrected chi connectivity index (χ2v) is 22.8. The maximum Gasteiger partial charge on any atom is 1.00 e. The summed E-state index contributed by atoms with van der Waals surface area (Å²) in [5.41, 5.74) is 23.6. The molecule has 6 aromatic rings. The summed E-state index contributed by atoms with van der Waals surface area (Å²) in [7, 11) is 7.73. The summed E-state index contributed by atoms with van der Waals surface area (Å²) in [5, 5.41) is 52.3. The third-order valence-corrected chi connectivity index (χ3v) is 13.8. The molecule has 6 rings (SSSR count). The number of ether oxygens (including phenoxy) is 13. The monoisotopic (exact) mass is 1810 g/mol. The Morgan fingerprint density at radius 3 is 1.16 bits per heavy atom. The van der Waals surface area contributed by atoms with E-state index in [1.165, 1.54) is 45.4 Å². The predicted molar refractivity (Wildman–Crippen MR) is 449 cm³/mol. The van der Waals surface area contributed by atoms with Crippen LogP contribution in [0.25, 0.3) is 21.8 Å². The van der Waals surface area contributed by atoms with E-state index < -0.39 is 35.0 Å². The van der Waals surface area contributed by atoms with E-state index >= 15 is 0 Å². The van der Waals surface area contributed by atoms with E-state index in [1.54, 1.807) is 72.4 Å². The van der Waals surface area contributed by atoms with Gasteiger partial charge in [-0.15, -0.1) is 24.8 Å². The Morgan fingerprint density at radius 2 is 0.856 bits per heavy atom. The number of methoxy groups -OCH3 is 5. The molecule has 118 heavy (non-hydrogen) atoms. The Morgan fingerprint density at radius 1 is 0.517 bits per heavy atom. The van der Waals surface area contributed by atoms with Gasteiger partial charge < -0.3 is 106 Å².